The van der Waals surface area contributed by atoms with Crippen molar-refractivity contribution in [3.8, 4) is 0 Å². The van der Waals surface area contributed by atoms with E-state index in [0.717, 1.165) is 12.2 Å². The molecule has 1 aliphatic rings. The van der Waals surface area contributed by atoms with Gasteiger partial charge in [-0.05, 0) is 44.6 Å². The molecule has 3 heteroatoms. The Bertz CT molecular complexity index is 327. The molecule has 1 N–H and O–H groups in total. The van der Waals surface area contributed by atoms with Gasteiger partial charge in [-0.15, -0.1) is 0 Å². The van der Waals surface area contributed by atoms with Crippen LogP contribution in [0.5, 0.6) is 0 Å². The molecule has 1 aliphatic heterocycles. The fraction of sp³-hybridized carbons (Fsp3) is 0.500. The van der Waals surface area contributed by atoms with Crippen molar-refractivity contribution in [1.29, 1.82) is 0 Å². The number of benzene rings is 1. The maximum Gasteiger partial charge on any atom is 0.125 e. The van der Waals surface area contributed by atoms with Crippen molar-refractivity contribution in [1.82, 2.24) is 4.90 Å². The highest BCUT2D eigenvalue weighted by Gasteiger charge is 2.19. The average Bonchev–Trinajstić information content (AvgIpc) is 2.61. The van der Waals surface area contributed by atoms with Crippen LogP contribution in [0.1, 0.15) is 12.8 Å². The van der Waals surface area contributed by atoms with Crippen LogP contribution in [-0.2, 0) is 0 Å². The van der Waals surface area contributed by atoms with E-state index < -0.39 is 0 Å². The van der Waals surface area contributed by atoms with E-state index in [-0.39, 0.29) is 5.82 Å². The molecule has 1 atom stereocenters. The van der Waals surface area contributed by atoms with E-state index in [9.17, 15) is 4.39 Å². The van der Waals surface area contributed by atoms with E-state index in [1.54, 1.807) is 6.07 Å². The number of rotatable bonds is 3. The van der Waals surface area contributed by atoms with Crippen LogP contribution in [0.4, 0.5) is 10.1 Å². The van der Waals surface area contributed by atoms with E-state index >= 15 is 0 Å². The molecule has 0 amide bonds. The first kappa shape index (κ1) is 10.4. The van der Waals surface area contributed by atoms with E-state index in [2.05, 4.69) is 17.3 Å². The fourth-order valence-corrected chi connectivity index (χ4v) is 2.07. The monoisotopic (exact) mass is 208 g/mol. The van der Waals surface area contributed by atoms with Gasteiger partial charge in [0, 0.05) is 18.3 Å². The molecular weight excluding hydrogens is 191 g/mol. The van der Waals surface area contributed by atoms with Gasteiger partial charge in [-0.2, -0.15) is 0 Å². The standard InChI is InChI=1S/C12H17FN2/c1-15-7-3-6-12(15)9-14-11-5-2-4-10(13)8-11/h2,4-5,8,12,14H,3,6-7,9H2,1H3. The van der Waals surface area contributed by atoms with Crippen LogP contribution in [-0.4, -0.2) is 31.1 Å². The summed E-state index contributed by atoms with van der Waals surface area (Å²) in [4.78, 5) is 2.35. The van der Waals surface area contributed by atoms with Gasteiger partial charge in [0.15, 0.2) is 0 Å². The highest BCUT2D eigenvalue weighted by atomic mass is 19.1. The number of halogens is 1. The second kappa shape index (κ2) is 4.62. The molecule has 0 aliphatic carbocycles. The molecule has 15 heavy (non-hydrogen) atoms. The predicted molar refractivity (Wildman–Crippen MR) is 60.5 cm³/mol. The van der Waals surface area contributed by atoms with Gasteiger partial charge in [0.05, 0.1) is 0 Å². The molecule has 0 aromatic heterocycles. The fourth-order valence-electron chi connectivity index (χ4n) is 2.07. The van der Waals surface area contributed by atoms with Gasteiger partial charge in [0.25, 0.3) is 0 Å². The third-order valence-corrected chi connectivity index (χ3v) is 3.04. The van der Waals surface area contributed by atoms with Crippen LogP contribution in [0.2, 0.25) is 0 Å². The summed E-state index contributed by atoms with van der Waals surface area (Å²) in [6, 6.07) is 7.23. The molecule has 0 bridgehead atoms. The van der Waals surface area contributed by atoms with Crippen LogP contribution in [0, 0.1) is 5.82 Å². The smallest absolute Gasteiger partial charge is 0.125 e. The first-order chi connectivity index (χ1) is 7.25. The predicted octanol–water partition coefficient (Wildman–Crippen LogP) is 2.33. The van der Waals surface area contributed by atoms with Crippen LogP contribution >= 0.6 is 0 Å². The van der Waals surface area contributed by atoms with Crippen molar-refractivity contribution in [3.05, 3.63) is 30.1 Å². The Morgan fingerprint density at radius 2 is 2.40 bits per heavy atom. The van der Waals surface area contributed by atoms with Crippen LogP contribution in [0.15, 0.2) is 24.3 Å². The van der Waals surface area contributed by atoms with Crippen molar-refractivity contribution in [2.24, 2.45) is 0 Å². The molecule has 2 nitrogen and oxygen atoms in total. The van der Waals surface area contributed by atoms with Crippen molar-refractivity contribution >= 4 is 5.69 Å². The number of anilines is 1. The lowest BCUT2D eigenvalue weighted by atomic mass is 10.2. The molecule has 0 spiro atoms. The Kier molecular flexibility index (Phi) is 3.21. The number of nitrogens with zero attached hydrogens (tertiary/aromatic N) is 1. The van der Waals surface area contributed by atoms with Gasteiger partial charge in [-0.25, -0.2) is 4.39 Å². The van der Waals surface area contributed by atoms with Gasteiger partial charge >= 0.3 is 0 Å². The topological polar surface area (TPSA) is 15.3 Å². The Labute approximate surface area is 90.1 Å². The zero-order valence-electron chi connectivity index (χ0n) is 9.04. The molecule has 1 saturated heterocycles. The summed E-state index contributed by atoms with van der Waals surface area (Å²) >= 11 is 0. The molecule has 0 radical (unpaired) electrons. The summed E-state index contributed by atoms with van der Waals surface area (Å²) in [5.74, 6) is -0.181. The number of likely N-dealkylation sites (N-methyl/N-ethyl adjacent to an activating group) is 1. The van der Waals surface area contributed by atoms with Gasteiger partial charge in [-0.1, -0.05) is 6.07 Å². The van der Waals surface area contributed by atoms with Crippen molar-refractivity contribution < 1.29 is 4.39 Å². The molecule has 1 unspecified atom stereocenters. The molecule has 1 aromatic rings. The Morgan fingerprint density at radius 3 is 3.07 bits per heavy atom. The first-order valence-corrected chi connectivity index (χ1v) is 5.45. The number of nitrogens with one attached hydrogen (secondary N) is 1. The molecule has 1 fully saturated rings. The minimum Gasteiger partial charge on any atom is -0.383 e. The quantitative estimate of drug-likeness (QED) is 0.820. The van der Waals surface area contributed by atoms with Gasteiger partial charge in [0.1, 0.15) is 5.82 Å². The lowest BCUT2D eigenvalue weighted by molar-refractivity contribution is 0.322. The van der Waals surface area contributed by atoms with Gasteiger partial charge in [0.2, 0.25) is 0 Å². The molecule has 0 saturated carbocycles. The number of hydrogen-bond acceptors (Lipinski definition) is 2. The first-order valence-electron chi connectivity index (χ1n) is 5.45. The number of hydrogen-bond donors (Lipinski definition) is 1. The van der Waals surface area contributed by atoms with Gasteiger partial charge < -0.3 is 10.2 Å². The Hall–Kier alpha value is -1.09. The van der Waals surface area contributed by atoms with E-state index in [0.29, 0.717) is 6.04 Å². The maximum atomic E-state index is 12.9. The maximum absolute atomic E-state index is 12.9. The highest BCUT2D eigenvalue weighted by molar-refractivity contribution is 5.43. The zero-order chi connectivity index (χ0) is 10.7. The average molecular weight is 208 g/mol. The van der Waals surface area contributed by atoms with Gasteiger partial charge in [-0.3, -0.25) is 0 Å². The second-order valence-electron chi connectivity index (χ2n) is 4.17. The molecular formula is C12H17FN2. The van der Waals surface area contributed by atoms with Crippen molar-refractivity contribution in [2.45, 2.75) is 18.9 Å². The molecule has 1 aromatic carbocycles. The highest BCUT2D eigenvalue weighted by Crippen LogP contribution is 2.16. The summed E-state index contributed by atoms with van der Waals surface area (Å²) in [6.07, 6.45) is 2.50. The third-order valence-electron chi connectivity index (χ3n) is 3.04. The largest absolute Gasteiger partial charge is 0.383 e. The zero-order valence-corrected chi connectivity index (χ0v) is 9.04. The van der Waals surface area contributed by atoms with E-state index in [1.807, 2.05) is 6.07 Å². The van der Waals surface area contributed by atoms with Crippen LogP contribution < -0.4 is 5.32 Å². The summed E-state index contributed by atoms with van der Waals surface area (Å²) in [7, 11) is 2.14. The molecule has 2 rings (SSSR count). The number of likely N-dealkylation sites (tertiary alicyclic amines) is 1. The summed E-state index contributed by atoms with van der Waals surface area (Å²) in [5.41, 5.74) is 0.871. The summed E-state index contributed by atoms with van der Waals surface area (Å²) in [5, 5.41) is 3.28. The van der Waals surface area contributed by atoms with Crippen molar-refractivity contribution in [3.63, 3.8) is 0 Å². The minimum absolute atomic E-state index is 0.181. The second-order valence-corrected chi connectivity index (χ2v) is 4.17. The molecule has 1 heterocycles. The van der Waals surface area contributed by atoms with E-state index in [1.165, 1.54) is 31.5 Å². The summed E-state index contributed by atoms with van der Waals surface area (Å²) < 4.78 is 12.9. The lowest BCUT2D eigenvalue weighted by Crippen LogP contribution is -2.31. The SMILES string of the molecule is CN1CCCC1CNc1cccc(F)c1. The normalized spacial score (nSPS) is 21.9. The molecule has 82 valence electrons. The summed E-state index contributed by atoms with van der Waals surface area (Å²) in [6.45, 7) is 2.08. The van der Waals surface area contributed by atoms with Crippen molar-refractivity contribution in [2.75, 3.05) is 25.5 Å². The lowest BCUT2D eigenvalue weighted by Gasteiger charge is -2.20. The Balaban J connectivity index is 1.87. The Morgan fingerprint density at radius 1 is 1.53 bits per heavy atom. The third kappa shape index (κ3) is 2.69. The van der Waals surface area contributed by atoms with Crippen LogP contribution in [0.25, 0.3) is 0 Å². The van der Waals surface area contributed by atoms with E-state index in [4.69, 9.17) is 0 Å². The van der Waals surface area contributed by atoms with Crippen LogP contribution in [0.3, 0.4) is 0 Å². The minimum atomic E-state index is -0.181.